The zero-order chi connectivity index (χ0) is 19.7. The van der Waals surface area contributed by atoms with Gasteiger partial charge in [0.15, 0.2) is 0 Å². The highest BCUT2D eigenvalue weighted by molar-refractivity contribution is 7.20. The van der Waals surface area contributed by atoms with Gasteiger partial charge in [-0.2, -0.15) is 0 Å². The molecule has 0 fully saturated rings. The van der Waals surface area contributed by atoms with Crippen molar-refractivity contribution in [1.29, 1.82) is 0 Å². The number of nitrogens with one attached hydrogen (secondary N) is 1. The molecule has 0 bridgehead atoms. The average molecular weight is 384 g/mol. The van der Waals surface area contributed by atoms with E-state index in [0.717, 1.165) is 17.8 Å². The first-order valence-electron chi connectivity index (χ1n) is 8.53. The van der Waals surface area contributed by atoms with Crippen LogP contribution >= 0.6 is 11.3 Å². The van der Waals surface area contributed by atoms with Crippen molar-refractivity contribution in [3.8, 4) is 0 Å². The second-order valence-electron chi connectivity index (χ2n) is 6.27. The van der Waals surface area contributed by atoms with E-state index < -0.39 is 11.9 Å². The Kier molecular flexibility index (Phi) is 5.09. The zero-order valence-electron chi connectivity index (χ0n) is 15.3. The molecule has 2 amide bonds. The molecule has 0 radical (unpaired) electrons. The number of carbonyl (C=O) groups is 2. The lowest BCUT2D eigenvalue weighted by Gasteiger charge is -2.15. The third kappa shape index (κ3) is 3.48. The summed E-state index contributed by atoms with van der Waals surface area (Å²) >= 11 is 1.08. The van der Waals surface area contributed by atoms with Crippen molar-refractivity contribution >= 4 is 39.1 Å². The molecule has 2 heterocycles. The summed E-state index contributed by atoms with van der Waals surface area (Å²) in [6.45, 7) is 5.34. The second kappa shape index (κ2) is 7.32. The number of primary amides is 1. The largest absolute Gasteiger partial charge is 0.365 e. The van der Waals surface area contributed by atoms with Crippen molar-refractivity contribution in [3.05, 3.63) is 57.0 Å². The Morgan fingerprint density at radius 1 is 1.30 bits per heavy atom. The summed E-state index contributed by atoms with van der Waals surface area (Å²) in [5, 5.41) is 3.13. The fourth-order valence-electron chi connectivity index (χ4n) is 2.84. The van der Waals surface area contributed by atoms with Gasteiger partial charge < -0.3 is 11.1 Å². The molecule has 0 saturated heterocycles. The Labute approximate surface area is 159 Å². The molecular weight excluding hydrogens is 364 g/mol. The van der Waals surface area contributed by atoms with Crippen LogP contribution in [-0.4, -0.2) is 21.4 Å². The maximum atomic E-state index is 12.9. The van der Waals surface area contributed by atoms with Gasteiger partial charge >= 0.3 is 0 Å². The number of benzene rings is 1. The number of anilines is 1. The van der Waals surface area contributed by atoms with Crippen LogP contribution in [0.2, 0.25) is 0 Å². The minimum atomic E-state index is -0.767. The van der Waals surface area contributed by atoms with Crippen molar-refractivity contribution in [1.82, 2.24) is 9.55 Å². The zero-order valence-corrected chi connectivity index (χ0v) is 16.1. The molecule has 1 aromatic carbocycles. The van der Waals surface area contributed by atoms with Crippen LogP contribution in [-0.2, 0) is 11.2 Å². The van der Waals surface area contributed by atoms with E-state index in [0.29, 0.717) is 26.3 Å². The highest BCUT2D eigenvalue weighted by atomic mass is 32.1. The smallest absolute Gasteiger partial charge is 0.263 e. The predicted octanol–water partition coefficient (Wildman–Crippen LogP) is 2.63. The molecule has 3 N–H and O–H groups in total. The summed E-state index contributed by atoms with van der Waals surface area (Å²) in [5.74, 6) is -0.923. The fourth-order valence-corrected chi connectivity index (χ4v) is 3.84. The van der Waals surface area contributed by atoms with E-state index >= 15 is 0 Å². The van der Waals surface area contributed by atoms with Gasteiger partial charge in [0.2, 0.25) is 5.91 Å². The predicted molar refractivity (Wildman–Crippen MR) is 106 cm³/mol. The molecule has 0 aliphatic heterocycles. The normalized spacial score (nSPS) is 12.1. The number of fused-ring (bicyclic) bond motifs is 1. The number of nitrogens with two attached hydrogens (primary N) is 1. The quantitative estimate of drug-likeness (QED) is 0.705. The van der Waals surface area contributed by atoms with Gasteiger partial charge in [0.25, 0.3) is 11.5 Å². The van der Waals surface area contributed by atoms with E-state index in [1.54, 1.807) is 13.8 Å². The molecule has 0 spiro atoms. The van der Waals surface area contributed by atoms with Gasteiger partial charge in [-0.05, 0) is 43.5 Å². The Balaban J connectivity index is 1.92. The van der Waals surface area contributed by atoms with E-state index in [4.69, 9.17) is 5.73 Å². The molecule has 0 aliphatic rings. The van der Waals surface area contributed by atoms with Crippen LogP contribution in [0.4, 0.5) is 5.69 Å². The molecule has 8 heteroatoms. The van der Waals surface area contributed by atoms with Crippen molar-refractivity contribution < 1.29 is 9.59 Å². The van der Waals surface area contributed by atoms with E-state index in [9.17, 15) is 14.4 Å². The summed E-state index contributed by atoms with van der Waals surface area (Å²) in [4.78, 5) is 41.9. The molecule has 7 nitrogen and oxygen atoms in total. The van der Waals surface area contributed by atoms with E-state index in [-0.39, 0.29) is 11.5 Å². The van der Waals surface area contributed by atoms with Crippen LogP contribution in [0.3, 0.4) is 0 Å². The molecule has 1 atom stereocenters. The van der Waals surface area contributed by atoms with Crippen molar-refractivity contribution in [3.63, 3.8) is 0 Å². The van der Waals surface area contributed by atoms with Crippen LogP contribution in [0.1, 0.15) is 40.7 Å². The molecule has 2 aromatic heterocycles. The number of thiophene rings is 1. The van der Waals surface area contributed by atoms with Crippen LogP contribution in [0, 0.1) is 6.92 Å². The van der Waals surface area contributed by atoms with Crippen molar-refractivity contribution in [2.24, 2.45) is 5.73 Å². The first kappa shape index (κ1) is 18.8. The molecule has 3 rings (SSSR count). The maximum absolute atomic E-state index is 12.9. The standard InChI is InChI=1S/C19H20N4O3S/c1-4-12-5-7-13(8-6-12)22-17(25)11(3)23-9-21-18-14(19(23)26)10(2)15(27-18)16(20)24/h5-9,11H,4H2,1-3H3,(H2,20,24)(H,22,25). The number of aryl methyl sites for hydroxylation is 2. The van der Waals surface area contributed by atoms with Crippen molar-refractivity contribution in [2.45, 2.75) is 33.2 Å². The van der Waals surface area contributed by atoms with Gasteiger partial charge in [-0.15, -0.1) is 11.3 Å². The number of hydrogen-bond donors (Lipinski definition) is 2. The number of hydrogen-bond acceptors (Lipinski definition) is 5. The number of carbonyl (C=O) groups excluding carboxylic acids is 2. The monoisotopic (exact) mass is 384 g/mol. The second-order valence-corrected chi connectivity index (χ2v) is 7.27. The number of amides is 2. The molecule has 1 unspecified atom stereocenters. The lowest BCUT2D eigenvalue weighted by Crippen LogP contribution is -2.31. The van der Waals surface area contributed by atoms with Gasteiger partial charge in [0, 0.05) is 5.69 Å². The van der Waals surface area contributed by atoms with E-state index in [2.05, 4.69) is 17.2 Å². The lowest BCUT2D eigenvalue weighted by molar-refractivity contribution is -0.118. The minimum absolute atomic E-state index is 0.306. The Bertz CT molecular complexity index is 1080. The number of nitrogens with zero attached hydrogens (tertiary/aromatic N) is 2. The van der Waals surface area contributed by atoms with Gasteiger partial charge in [0.1, 0.15) is 10.9 Å². The van der Waals surface area contributed by atoms with Gasteiger partial charge in [-0.25, -0.2) is 4.98 Å². The molecule has 27 heavy (non-hydrogen) atoms. The van der Waals surface area contributed by atoms with Crippen LogP contribution in [0.5, 0.6) is 0 Å². The van der Waals surface area contributed by atoms with E-state index in [1.807, 2.05) is 24.3 Å². The van der Waals surface area contributed by atoms with Gasteiger partial charge in [0.05, 0.1) is 16.6 Å². The molecule has 0 aliphatic carbocycles. The summed E-state index contributed by atoms with van der Waals surface area (Å²) in [6, 6.07) is 6.78. The van der Waals surface area contributed by atoms with Crippen LogP contribution < -0.4 is 16.6 Å². The summed E-state index contributed by atoms with van der Waals surface area (Å²) in [6.07, 6.45) is 2.24. The molecule has 140 valence electrons. The lowest BCUT2D eigenvalue weighted by atomic mass is 10.1. The number of aromatic nitrogens is 2. The third-order valence-corrected chi connectivity index (χ3v) is 5.74. The topological polar surface area (TPSA) is 107 Å². The first-order valence-corrected chi connectivity index (χ1v) is 9.35. The maximum Gasteiger partial charge on any atom is 0.263 e. The minimum Gasteiger partial charge on any atom is -0.365 e. The molecule has 3 aromatic rings. The first-order chi connectivity index (χ1) is 12.8. The molecule has 0 saturated carbocycles. The fraction of sp³-hybridized carbons (Fsp3) is 0.263. The Hall–Kier alpha value is -3.00. The Morgan fingerprint density at radius 2 is 1.96 bits per heavy atom. The summed E-state index contributed by atoms with van der Waals surface area (Å²) in [7, 11) is 0. The Morgan fingerprint density at radius 3 is 2.56 bits per heavy atom. The van der Waals surface area contributed by atoms with E-state index in [1.165, 1.54) is 16.5 Å². The summed E-state index contributed by atoms with van der Waals surface area (Å²) < 4.78 is 1.27. The number of rotatable bonds is 5. The molecular formula is C19H20N4O3S. The summed E-state index contributed by atoms with van der Waals surface area (Å²) in [5.41, 5.74) is 7.31. The van der Waals surface area contributed by atoms with Crippen LogP contribution in [0.25, 0.3) is 10.2 Å². The highest BCUT2D eigenvalue weighted by Gasteiger charge is 2.22. The van der Waals surface area contributed by atoms with Gasteiger partial charge in [-0.3, -0.25) is 19.0 Å². The SMILES string of the molecule is CCc1ccc(NC(=O)C(C)n2cnc3sc(C(N)=O)c(C)c3c2=O)cc1. The highest BCUT2D eigenvalue weighted by Crippen LogP contribution is 2.26. The van der Waals surface area contributed by atoms with Crippen LogP contribution in [0.15, 0.2) is 35.4 Å². The third-order valence-electron chi connectivity index (χ3n) is 4.53. The van der Waals surface area contributed by atoms with Gasteiger partial charge in [-0.1, -0.05) is 19.1 Å². The average Bonchev–Trinajstić information content (AvgIpc) is 3.00. The van der Waals surface area contributed by atoms with Crippen molar-refractivity contribution in [2.75, 3.05) is 5.32 Å².